The zero-order chi connectivity index (χ0) is 10.5. The van der Waals surface area contributed by atoms with Gasteiger partial charge in [-0.3, -0.25) is 0 Å². The zero-order valence-corrected chi connectivity index (χ0v) is 9.25. The average molecular weight is 209 g/mol. The van der Waals surface area contributed by atoms with Crippen molar-refractivity contribution >= 4 is 0 Å². The van der Waals surface area contributed by atoms with Gasteiger partial charge in [-0.25, -0.2) is 0 Å². The van der Waals surface area contributed by atoms with E-state index in [-0.39, 0.29) is 0 Å². The highest BCUT2D eigenvalue weighted by Crippen LogP contribution is 2.07. The van der Waals surface area contributed by atoms with Crippen molar-refractivity contribution in [3.05, 3.63) is 17.5 Å². The molecule has 1 aromatic rings. The van der Waals surface area contributed by atoms with Crippen molar-refractivity contribution in [3.63, 3.8) is 0 Å². The third kappa shape index (κ3) is 3.32. The molecule has 1 atom stereocenters. The molecule has 0 aliphatic carbocycles. The second kappa shape index (κ2) is 5.28. The van der Waals surface area contributed by atoms with Crippen molar-refractivity contribution in [3.8, 4) is 0 Å². The molecule has 0 aromatic carbocycles. The van der Waals surface area contributed by atoms with Crippen LogP contribution in [0, 0.1) is 6.92 Å². The number of aromatic nitrogens is 1. The SMILES string of the molecule is Cc1cc(CNCCC2CCCN2)no1. The number of hydrogen-bond acceptors (Lipinski definition) is 4. The molecule has 2 rings (SSSR count). The van der Waals surface area contributed by atoms with Gasteiger partial charge in [0, 0.05) is 18.7 Å². The molecule has 4 nitrogen and oxygen atoms in total. The topological polar surface area (TPSA) is 50.1 Å². The molecule has 0 radical (unpaired) electrons. The number of nitrogens with zero attached hydrogens (tertiary/aromatic N) is 1. The molecule has 2 N–H and O–H groups in total. The maximum absolute atomic E-state index is 4.99. The van der Waals surface area contributed by atoms with E-state index in [0.29, 0.717) is 0 Å². The van der Waals surface area contributed by atoms with Gasteiger partial charge in [0.25, 0.3) is 0 Å². The summed E-state index contributed by atoms with van der Waals surface area (Å²) in [6.45, 7) is 4.96. The Morgan fingerprint density at radius 3 is 3.27 bits per heavy atom. The maximum Gasteiger partial charge on any atom is 0.133 e. The monoisotopic (exact) mass is 209 g/mol. The van der Waals surface area contributed by atoms with Crippen molar-refractivity contribution in [1.29, 1.82) is 0 Å². The Labute approximate surface area is 90.4 Å². The number of rotatable bonds is 5. The molecule has 1 aromatic heterocycles. The fraction of sp³-hybridized carbons (Fsp3) is 0.727. The quantitative estimate of drug-likeness (QED) is 0.716. The third-order valence-corrected chi connectivity index (χ3v) is 2.81. The zero-order valence-electron chi connectivity index (χ0n) is 9.25. The molecule has 0 amide bonds. The predicted octanol–water partition coefficient (Wildman–Crippen LogP) is 1.21. The van der Waals surface area contributed by atoms with Crippen LogP contribution in [0.2, 0.25) is 0 Å². The highest BCUT2D eigenvalue weighted by molar-refractivity contribution is 5.02. The van der Waals surface area contributed by atoms with E-state index in [1.165, 1.54) is 25.8 Å². The largest absolute Gasteiger partial charge is 0.361 e. The van der Waals surface area contributed by atoms with E-state index < -0.39 is 0 Å². The van der Waals surface area contributed by atoms with Crippen LogP contribution in [0.25, 0.3) is 0 Å². The molecule has 1 unspecified atom stereocenters. The summed E-state index contributed by atoms with van der Waals surface area (Å²) in [5, 5.41) is 10.8. The molecule has 15 heavy (non-hydrogen) atoms. The average Bonchev–Trinajstić information content (AvgIpc) is 2.84. The Morgan fingerprint density at radius 1 is 1.67 bits per heavy atom. The van der Waals surface area contributed by atoms with Gasteiger partial charge in [0.05, 0.1) is 5.69 Å². The second-order valence-corrected chi connectivity index (χ2v) is 4.19. The summed E-state index contributed by atoms with van der Waals surface area (Å²) in [4.78, 5) is 0. The minimum atomic E-state index is 0.719. The van der Waals surface area contributed by atoms with Crippen molar-refractivity contribution < 1.29 is 4.52 Å². The van der Waals surface area contributed by atoms with Crippen LogP contribution in [0.1, 0.15) is 30.7 Å². The van der Waals surface area contributed by atoms with Crippen LogP contribution in [0.4, 0.5) is 0 Å². The van der Waals surface area contributed by atoms with E-state index in [4.69, 9.17) is 4.52 Å². The van der Waals surface area contributed by atoms with Gasteiger partial charge in [-0.1, -0.05) is 5.16 Å². The van der Waals surface area contributed by atoms with Gasteiger partial charge in [0.2, 0.25) is 0 Å². The van der Waals surface area contributed by atoms with Crippen LogP contribution in [-0.2, 0) is 6.54 Å². The van der Waals surface area contributed by atoms with Gasteiger partial charge in [0.1, 0.15) is 5.76 Å². The van der Waals surface area contributed by atoms with Crippen LogP contribution in [0.3, 0.4) is 0 Å². The molecule has 1 fully saturated rings. The molecular weight excluding hydrogens is 190 g/mol. The molecule has 2 heterocycles. The Kier molecular flexibility index (Phi) is 3.75. The van der Waals surface area contributed by atoms with Crippen LogP contribution in [-0.4, -0.2) is 24.3 Å². The highest BCUT2D eigenvalue weighted by Gasteiger charge is 2.12. The highest BCUT2D eigenvalue weighted by atomic mass is 16.5. The van der Waals surface area contributed by atoms with Gasteiger partial charge in [0.15, 0.2) is 0 Å². The van der Waals surface area contributed by atoms with Crippen molar-refractivity contribution in [2.24, 2.45) is 0 Å². The summed E-state index contributed by atoms with van der Waals surface area (Å²) in [5.41, 5.74) is 0.992. The summed E-state index contributed by atoms with van der Waals surface area (Å²) >= 11 is 0. The first kappa shape index (κ1) is 10.6. The number of hydrogen-bond donors (Lipinski definition) is 2. The minimum Gasteiger partial charge on any atom is -0.361 e. The van der Waals surface area contributed by atoms with Gasteiger partial charge in [-0.05, 0) is 39.3 Å². The lowest BCUT2D eigenvalue weighted by molar-refractivity contribution is 0.387. The lowest BCUT2D eigenvalue weighted by atomic mass is 10.1. The van der Waals surface area contributed by atoms with E-state index in [9.17, 15) is 0 Å². The lowest BCUT2D eigenvalue weighted by Gasteiger charge is -2.09. The van der Waals surface area contributed by atoms with Crippen LogP contribution in [0.5, 0.6) is 0 Å². The molecule has 1 aliphatic rings. The normalized spacial score (nSPS) is 21.0. The summed E-state index contributed by atoms with van der Waals surface area (Å²) in [6, 6.07) is 2.69. The van der Waals surface area contributed by atoms with E-state index in [0.717, 1.165) is 30.6 Å². The van der Waals surface area contributed by atoms with Gasteiger partial charge in [-0.2, -0.15) is 0 Å². The molecule has 0 spiro atoms. The summed E-state index contributed by atoms with van der Waals surface area (Å²) in [7, 11) is 0. The van der Waals surface area contributed by atoms with Gasteiger partial charge < -0.3 is 15.2 Å². The summed E-state index contributed by atoms with van der Waals surface area (Å²) in [6.07, 6.45) is 3.86. The second-order valence-electron chi connectivity index (χ2n) is 4.19. The van der Waals surface area contributed by atoms with Crippen LogP contribution >= 0.6 is 0 Å². The van der Waals surface area contributed by atoms with E-state index in [1.807, 2.05) is 13.0 Å². The first-order valence-electron chi connectivity index (χ1n) is 5.71. The van der Waals surface area contributed by atoms with E-state index >= 15 is 0 Å². The summed E-state index contributed by atoms with van der Waals surface area (Å²) < 4.78 is 4.99. The molecule has 1 saturated heterocycles. The Bertz CT molecular complexity index is 292. The first-order chi connectivity index (χ1) is 7.34. The molecular formula is C11H19N3O. The molecule has 0 saturated carbocycles. The van der Waals surface area contributed by atoms with Crippen molar-refractivity contribution in [1.82, 2.24) is 15.8 Å². The van der Waals surface area contributed by atoms with E-state index in [2.05, 4.69) is 15.8 Å². The Morgan fingerprint density at radius 2 is 2.60 bits per heavy atom. The lowest BCUT2D eigenvalue weighted by Crippen LogP contribution is -2.26. The number of aryl methyl sites for hydroxylation is 1. The fourth-order valence-electron chi connectivity index (χ4n) is 2.00. The van der Waals surface area contributed by atoms with Crippen LogP contribution < -0.4 is 10.6 Å². The number of nitrogens with one attached hydrogen (secondary N) is 2. The van der Waals surface area contributed by atoms with E-state index in [1.54, 1.807) is 0 Å². The molecule has 0 bridgehead atoms. The third-order valence-electron chi connectivity index (χ3n) is 2.81. The van der Waals surface area contributed by atoms with Gasteiger partial charge >= 0.3 is 0 Å². The first-order valence-corrected chi connectivity index (χ1v) is 5.71. The maximum atomic E-state index is 4.99. The van der Waals surface area contributed by atoms with Crippen molar-refractivity contribution in [2.45, 2.75) is 38.8 Å². The molecule has 4 heteroatoms. The smallest absolute Gasteiger partial charge is 0.133 e. The Hall–Kier alpha value is -0.870. The van der Waals surface area contributed by atoms with Crippen molar-refractivity contribution in [2.75, 3.05) is 13.1 Å². The summed E-state index contributed by atoms with van der Waals surface area (Å²) in [5.74, 6) is 0.879. The van der Waals surface area contributed by atoms with Crippen LogP contribution in [0.15, 0.2) is 10.6 Å². The predicted molar refractivity (Wildman–Crippen MR) is 58.6 cm³/mol. The molecule has 1 aliphatic heterocycles. The fourth-order valence-corrected chi connectivity index (χ4v) is 2.00. The Balaban J connectivity index is 1.58. The van der Waals surface area contributed by atoms with Gasteiger partial charge in [-0.15, -0.1) is 0 Å². The minimum absolute atomic E-state index is 0.719. The standard InChI is InChI=1S/C11H19N3O/c1-9-7-11(14-15-9)8-12-6-4-10-3-2-5-13-10/h7,10,12-13H,2-6,8H2,1H3. The molecule has 84 valence electrons.